The summed E-state index contributed by atoms with van der Waals surface area (Å²) in [4.78, 5) is 13.0. The Labute approximate surface area is 160 Å². The van der Waals surface area contributed by atoms with E-state index >= 15 is 0 Å². The van der Waals surface area contributed by atoms with Crippen molar-refractivity contribution >= 4 is 21.4 Å². The number of hydrogen-bond donors (Lipinski definition) is 2. The van der Waals surface area contributed by atoms with Crippen molar-refractivity contribution in [2.45, 2.75) is 48.8 Å². The lowest BCUT2D eigenvalue weighted by atomic mass is 9.74. The maximum absolute atomic E-state index is 12.7. The van der Waals surface area contributed by atoms with Gasteiger partial charge in [-0.1, -0.05) is 43.2 Å². The van der Waals surface area contributed by atoms with E-state index in [2.05, 4.69) is 5.32 Å². The Kier molecular flexibility index (Phi) is 5.67. The molecule has 0 saturated heterocycles. The van der Waals surface area contributed by atoms with Crippen molar-refractivity contribution in [2.24, 2.45) is 11.7 Å². The van der Waals surface area contributed by atoms with E-state index in [0.29, 0.717) is 16.1 Å². The molecule has 0 heterocycles. The fourth-order valence-corrected chi connectivity index (χ4v) is 5.04. The van der Waals surface area contributed by atoms with Crippen LogP contribution < -0.4 is 11.1 Å². The molecule has 1 fully saturated rings. The maximum Gasteiger partial charge on any atom is 0.229 e. The molecule has 2 atom stereocenters. The normalized spacial score (nSPS) is 23.0. The fourth-order valence-electron chi connectivity index (χ4n) is 3.69. The van der Waals surface area contributed by atoms with Crippen molar-refractivity contribution in [3.05, 3.63) is 60.2 Å². The van der Waals surface area contributed by atoms with Crippen LogP contribution in [0.4, 0.5) is 5.69 Å². The molecule has 0 spiro atoms. The number of nitrogens with two attached hydrogens (primary N) is 1. The number of anilines is 1. The topological polar surface area (TPSA) is 89.3 Å². The molecule has 6 heteroatoms. The Hall–Kier alpha value is -2.18. The Balaban J connectivity index is 1.73. The molecular formula is C21H26N2O3S. The molecule has 1 saturated carbocycles. The van der Waals surface area contributed by atoms with Gasteiger partial charge in [-0.05, 0) is 49.6 Å². The summed E-state index contributed by atoms with van der Waals surface area (Å²) in [6, 6.07) is 15.4. The van der Waals surface area contributed by atoms with Gasteiger partial charge in [0.2, 0.25) is 5.91 Å². The van der Waals surface area contributed by atoms with Gasteiger partial charge in [0, 0.05) is 11.2 Å². The van der Waals surface area contributed by atoms with E-state index in [-0.39, 0.29) is 17.6 Å². The standard InChI is InChI=1S/C21H26N2O3S/c1-21(22)13-6-5-12-19(21)20(24)23-17-9-7-8-16(14-17)15-27(25,26)18-10-3-2-4-11-18/h2-4,7-11,14,19H,5-6,12-13,15,22H2,1H3,(H,23,24). The molecule has 144 valence electrons. The van der Waals surface area contributed by atoms with Crippen LogP contribution in [-0.4, -0.2) is 19.9 Å². The smallest absolute Gasteiger partial charge is 0.229 e. The lowest BCUT2D eigenvalue weighted by Gasteiger charge is -2.37. The van der Waals surface area contributed by atoms with Crippen LogP contribution in [0.5, 0.6) is 0 Å². The number of carbonyl (C=O) groups excluding carboxylic acids is 1. The molecule has 27 heavy (non-hydrogen) atoms. The summed E-state index contributed by atoms with van der Waals surface area (Å²) in [6.07, 6.45) is 3.66. The summed E-state index contributed by atoms with van der Waals surface area (Å²) >= 11 is 0. The first kappa shape index (κ1) is 19.6. The predicted octanol–water partition coefficient (Wildman–Crippen LogP) is 3.51. The molecule has 0 radical (unpaired) electrons. The Morgan fingerprint density at radius 1 is 1.15 bits per heavy atom. The van der Waals surface area contributed by atoms with Gasteiger partial charge in [-0.2, -0.15) is 0 Å². The highest BCUT2D eigenvalue weighted by atomic mass is 32.2. The second-order valence-electron chi connectivity index (χ2n) is 7.57. The van der Waals surface area contributed by atoms with Crippen LogP contribution in [0.2, 0.25) is 0 Å². The highest BCUT2D eigenvalue weighted by molar-refractivity contribution is 7.90. The van der Waals surface area contributed by atoms with Gasteiger partial charge in [-0.25, -0.2) is 8.42 Å². The monoisotopic (exact) mass is 386 g/mol. The van der Waals surface area contributed by atoms with Gasteiger partial charge in [-0.15, -0.1) is 0 Å². The molecular weight excluding hydrogens is 360 g/mol. The zero-order valence-electron chi connectivity index (χ0n) is 15.5. The number of sulfone groups is 1. The third kappa shape index (κ3) is 4.76. The second-order valence-corrected chi connectivity index (χ2v) is 9.56. The quantitative estimate of drug-likeness (QED) is 0.823. The fraction of sp³-hybridized carbons (Fsp3) is 0.381. The first-order chi connectivity index (χ1) is 12.8. The van der Waals surface area contributed by atoms with Crippen LogP contribution >= 0.6 is 0 Å². The Morgan fingerprint density at radius 2 is 1.89 bits per heavy atom. The molecule has 2 aromatic carbocycles. The molecule has 3 N–H and O–H groups in total. The van der Waals surface area contributed by atoms with Crippen molar-refractivity contribution < 1.29 is 13.2 Å². The van der Waals surface area contributed by atoms with E-state index in [4.69, 9.17) is 5.73 Å². The number of carbonyl (C=O) groups is 1. The van der Waals surface area contributed by atoms with Crippen molar-refractivity contribution in [2.75, 3.05) is 5.32 Å². The molecule has 2 unspecified atom stereocenters. The first-order valence-electron chi connectivity index (χ1n) is 9.24. The van der Waals surface area contributed by atoms with E-state index in [1.807, 2.05) is 6.92 Å². The van der Waals surface area contributed by atoms with Crippen molar-refractivity contribution in [3.63, 3.8) is 0 Å². The lowest BCUT2D eigenvalue weighted by molar-refractivity contribution is -0.122. The van der Waals surface area contributed by atoms with E-state index < -0.39 is 15.4 Å². The van der Waals surface area contributed by atoms with Gasteiger partial charge in [0.1, 0.15) is 0 Å². The summed E-state index contributed by atoms with van der Waals surface area (Å²) in [5.41, 5.74) is 7.04. The van der Waals surface area contributed by atoms with Crippen LogP contribution in [0.25, 0.3) is 0 Å². The third-order valence-electron chi connectivity index (χ3n) is 5.22. The van der Waals surface area contributed by atoms with Gasteiger partial charge >= 0.3 is 0 Å². The number of amides is 1. The zero-order chi connectivity index (χ0) is 19.5. The minimum Gasteiger partial charge on any atom is -0.326 e. The molecule has 0 aliphatic heterocycles. The predicted molar refractivity (Wildman–Crippen MR) is 107 cm³/mol. The van der Waals surface area contributed by atoms with E-state index in [9.17, 15) is 13.2 Å². The molecule has 3 rings (SSSR count). The third-order valence-corrected chi connectivity index (χ3v) is 6.93. The van der Waals surface area contributed by atoms with Crippen molar-refractivity contribution in [3.8, 4) is 0 Å². The molecule has 1 aliphatic carbocycles. The number of nitrogens with one attached hydrogen (secondary N) is 1. The van der Waals surface area contributed by atoms with Gasteiger partial charge in [-0.3, -0.25) is 4.79 Å². The van der Waals surface area contributed by atoms with Gasteiger partial charge in [0.15, 0.2) is 9.84 Å². The molecule has 5 nitrogen and oxygen atoms in total. The molecule has 2 aromatic rings. The first-order valence-corrected chi connectivity index (χ1v) is 10.9. The number of hydrogen-bond acceptors (Lipinski definition) is 4. The Bertz CT molecular complexity index is 908. The van der Waals surface area contributed by atoms with Gasteiger partial charge in [0.25, 0.3) is 0 Å². The van der Waals surface area contributed by atoms with Crippen LogP contribution in [0.1, 0.15) is 38.2 Å². The largest absolute Gasteiger partial charge is 0.326 e. The highest BCUT2D eigenvalue weighted by Gasteiger charge is 2.37. The van der Waals surface area contributed by atoms with E-state index in [1.54, 1.807) is 54.6 Å². The minimum absolute atomic E-state index is 0.0947. The number of benzene rings is 2. The highest BCUT2D eigenvalue weighted by Crippen LogP contribution is 2.32. The van der Waals surface area contributed by atoms with Crippen LogP contribution in [-0.2, 0) is 20.4 Å². The van der Waals surface area contributed by atoms with Crippen LogP contribution in [0.15, 0.2) is 59.5 Å². The molecule has 0 aromatic heterocycles. The van der Waals surface area contributed by atoms with Crippen molar-refractivity contribution in [1.82, 2.24) is 0 Å². The molecule has 1 aliphatic rings. The average molecular weight is 387 g/mol. The van der Waals surface area contributed by atoms with Crippen LogP contribution in [0.3, 0.4) is 0 Å². The molecule has 1 amide bonds. The summed E-state index contributed by atoms with van der Waals surface area (Å²) < 4.78 is 25.1. The number of rotatable bonds is 5. The van der Waals surface area contributed by atoms with Crippen LogP contribution in [0, 0.1) is 5.92 Å². The summed E-state index contributed by atoms with van der Waals surface area (Å²) in [5, 5.41) is 2.92. The van der Waals surface area contributed by atoms with E-state index in [0.717, 1.165) is 25.7 Å². The van der Waals surface area contributed by atoms with E-state index in [1.165, 1.54) is 0 Å². The molecule has 0 bridgehead atoms. The summed E-state index contributed by atoms with van der Waals surface area (Å²) in [6.45, 7) is 1.93. The lowest BCUT2D eigenvalue weighted by Crippen LogP contribution is -2.51. The maximum atomic E-state index is 12.7. The van der Waals surface area contributed by atoms with Gasteiger partial charge < -0.3 is 11.1 Å². The van der Waals surface area contributed by atoms with Crippen molar-refractivity contribution in [1.29, 1.82) is 0 Å². The minimum atomic E-state index is -3.43. The Morgan fingerprint density at radius 3 is 2.59 bits per heavy atom. The SMILES string of the molecule is CC1(N)CCCCC1C(=O)Nc1cccc(CS(=O)(=O)c2ccccc2)c1. The summed E-state index contributed by atoms with van der Waals surface area (Å²) in [7, 11) is -3.43. The van der Waals surface area contributed by atoms with Gasteiger partial charge in [0.05, 0.1) is 16.6 Å². The zero-order valence-corrected chi connectivity index (χ0v) is 16.3. The summed E-state index contributed by atoms with van der Waals surface area (Å²) in [5.74, 6) is -0.440. The second kappa shape index (κ2) is 7.82. The average Bonchev–Trinajstić information content (AvgIpc) is 2.62.